The highest BCUT2D eigenvalue weighted by molar-refractivity contribution is 5.97. The van der Waals surface area contributed by atoms with Crippen LogP contribution in [0, 0.1) is 0 Å². The Balaban J connectivity index is 1.74. The van der Waals surface area contributed by atoms with Crippen molar-refractivity contribution in [2.45, 2.75) is 13.8 Å². The second kappa shape index (κ2) is 13.4. The zero-order valence-electron chi connectivity index (χ0n) is 20.2. The Morgan fingerprint density at radius 2 is 1.40 bits per heavy atom. The van der Waals surface area contributed by atoms with Crippen LogP contribution < -0.4 is 30.5 Å². The number of ether oxygens (including phenoxy) is 3. The molecule has 0 aliphatic carbocycles. The van der Waals surface area contributed by atoms with Gasteiger partial charge >= 0.3 is 5.97 Å². The van der Waals surface area contributed by atoms with E-state index in [4.69, 9.17) is 14.2 Å². The summed E-state index contributed by atoms with van der Waals surface area (Å²) in [6.45, 7) is 4.67. The maximum atomic E-state index is 12.3. The fraction of sp³-hybridized carbons (Fsp3) is 0.333. The van der Waals surface area contributed by atoms with Crippen molar-refractivity contribution in [1.29, 1.82) is 0 Å². The maximum Gasteiger partial charge on any atom is 0.325 e. The van der Waals surface area contributed by atoms with E-state index in [-0.39, 0.29) is 5.56 Å². The molecule has 0 saturated heterocycles. The number of esters is 1. The van der Waals surface area contributed by atoms with Crippen LogP contribution in [0.1, 0.15) is 34.6 Å². The van der Waals surface area contributed by atoms with Crippen LogP contribution in [0.5, 0.6) is 11.5 Å². The summed E-state index contributed by atoms with van der Waals surface area (Å²) in [5, 5.41) is 2.39. The largest absolute Gasteiger partial charge is 0.497 e. The molecule has 0 aliphatic heterocycles. The number of benzene rings is 2. The van der Waals surface area contributed by atoms with Gasteiger partial charge in [-0.05, 0) is 50.2 Å². The Morgan fingerprint density at radius 3 is 1.94 bits per heavy atom. The smallest absolute Gasteiger partial charge is 0.325 e. The summed E-state index contributed by atoms with van der Waals surface area (Å²) in [7, 11) is 2.90. The molecule has 11 nitrogen and oxygen atoms in total. The summed E-state index contributed by atoms with van der Waals surface area (Å²) >= 11 is 0. The minimum Gasteiger partial charge on any atom is -0.497 e. The molecule has 0 unspecified atom stereocenters. The Hall–Kier alpha value is -4.28. The number of hydrogen-bond acceptors (Lipinski definition) is 8. The Morgan fingerprint density at radius 1 is 0.800 bits per heavy atom. The molecule has 2 rings (SSSR count). The standard InChI is InChI=1S/C24H30N4O7/c1-5-28(6-2)18-9-7-16(8-10-18)24(32)27-26-21(29)15-35-22(30)14-25-23(31)17-11-19(33-3)13-20(12-17)34-4/h7-13H,5-6,14-15H2,1-4H3,(H,25,31)(H,26,29)(H,27,32). The van der Waals surface area contributed by atoms with Crippen LogP contribution in [0.15, 0.2) is 42.5 Å². The third-order valence-electron chi connectivity index (χ3n) is 4.94. The van der Waals surface area contributed by atoms with Gasteiger partial charge in [0.25, 0.3) is 17.7 Å². The number of nitrogens with zero attached hydrogens (tertiary/aromatic N) is 1. The summed E-state index contributed by atoms with van der Waals surface area (Å²) < 4.78 is 15.0. The van der Waals surface area contributed by atoms with Gasteiger partial charge in [0, 0.05) is 36.0 Å². The van der Waals surface area contributed by atoms with Crippen LogP contribution in [0.3, 0.4) is 0 Å². The molecule has 3 N–H and O–H groups in total. The molecule has 0 heterocycles. The molecular weight excluding hydrogens is 456 g/mol. The fourth-order valence-corrected chi connectivity index (χ4v) is 3.04. The van der Waals surface area contributed by atoms with E-state index in [9.17, 15) is 19.2 Å². The van der Waals surface area contributed by atoms with E-state index >= 15 is 0 Å². The zero-order valence-corrected chi connectivity index (χ0v) is 20.2. The highest BCUT2D eigenvalue weighted by Gasteiger charge is 2.14. The molecule has 35 heavy (non-hydrogen) atoms. The van der Waals surface area contributed by atoms with Crippen molar-refractivity contribution < 1.29 is 33.4 Å². The number of amides is 3. The van der Waals surface area contributed by atoms with Gasteiger partial charge in [0.2, 0.25) is 0 Å². The molecule has 2 aromatic carbocycles. The lowest BCUT2D eigenvalue weighted by atomic mass is 10.2. The van der Waals surface area contributed by atoms with Crippen LogP contribution in [-0.2, 0) is 14.3 Å². The average Bonchev–Trinajstić information content (AvgIpc) is 2.89. The van der Waals surface area contributed by atoms with Crippen LogP contribution in [0.25, 0.3) is 0 Å². The number of carbonyl (C=O) groups is 4. The van der Waals surface area contributed by atoms with Gasteiger partial charge in [-0.15, -0.1) is 0 Å². The molecule has 0 spiro atoms. The minimum atomic E-state index is -0.832. The maximum absolute atomic E-state index is 12.3. The van der Waals surface area contributed by atoms with Crippen LogP contribution in [-0.4, -0.2) is 64.2 Å². The predicted octanol–water partition coefficient (Wildman–Crippen LogP) is 1.28. The SMILES string of the molecule is CCN(CC)c1ccc(C(=O)NNC(=O)COC(=O)CNC(=O)c2cc(OC)cc(OC)c2)cc1. The molecule has 0 atom stereocenters. The van der Waals surface area contributed by atoms with Gasteiger partial charge in [-0.25, -0.2) is 0 Å². The van der Waals surface area contributed by atoms with E-state index in [2.05, 4.69) is 21.1 Å². The van der Waals surface area contributed by atoms with E-state index in [0.29, 0.717) is 17.1 Å². The van der Waals surface area contributed by atoms with Crippen molar-refractivity contribution in [3.8, 4) is 11.5 Å². The summed E-state index contributed by atoms with van der Waals surface area (Å²) in [5.41, 5.74) is 5.99. The number of nitrogens with one attached hydrogen (secondary N) is 3. The van der Waals surface area contributed by atoms with Crippen LogP contribution in [0.4, 0.5) is 5.69 Å². The molecule has 2 aromatic rings. The molecule has 0 radical (unpaired) electrons. The molecule has 0 aromatic heterocycles. The molecule has 0 saturated carbocycles. The number of hydrogen-bond donors (Lipinski definition) is 3. The topological polar surface area (TPSA) is 135 Å². The van der Waals surface area contributed by atoms with Gasteiger partial charge in [-0.3, -0.25) is 30.0 Å². The van der Waals surface area contributed by atoms with E-state index < -0.39 is 36.8 Å². The van der Waals surface area contributed by atoms with Crippen molar-refractivity contribution in [2.75, 3.05) is 45.4 Å². The summed E-state index contributed by atoms with van der Waals surface area (Å²) in [4.78, 5) is 50.3. The van der Waals surface area contributed by atoms with Crippen molar-refractivity contribution in [1.82, 2.24) is 16.2 Å². The van der Waals surface area contributed by atoms with E-state index in [0.717, 1.165) is 18.8 Å². The molecule has 0 bridgehead atoms. The summed E-state index contributed by atoms with van der Waals surface area (Å²) in [5.74, 6) is -1.82. The molecule has 188 valence electrons. The van der Waals surface area contributed by atoms with Gasteiger partial charge in [0.1, 0.15) is 18.0 Å². The number of rotatable bonds is 11. The monoisotopic (exact) mass is 486 g/mol. The van der Waals surface area contributed by atoms with Crippen LogP contribution in [0.2, 0.25) is 0 Å². The fourth-order valence-electron chi connectivity index (χ4n) is 3.04. The normalized spacial score (nSPS) is 10.1. The van der Waals surface area contributed by atoms with E-state index in [1.165, 1.54) is 26.4 Å². The second-order valence-electron chi connectivity index (χ2n) is 7.17. The second-order valence-corrected chi connectivity index (χ2v) is 7.17. The molecule has 3 amide bonds. The number of hydrazine groups is 1. The minimum absolute atomic E-state index is 0.222. The van der Waals surface area contributed by atoms with Crippen molar-refractivity contribution >= 4 is 29.4 Å². The molecule has 0 aliphatic rings. The average molecular weight is 487 g/mol. The quantitative estimate of drug-likeness (QED) is 0.319. The van der Waals surface area contributed by atoms with E-state index in [1.54, 1.807) is 18.2 Å². The van der Waals surface area contributed by atoms with Crippen molar-refractivity contribution in [2.24, 2.45) is 0 Å². The summed E-state index contributed by atoms with van der Waals surface area (Å²) in [6.07, 6.45) is 0. The summed E-state index contributed by atoms with van der Waals surface area (Å²) in [6, 6.07) is 11.5. The third kappa shape index (κ3) is 8.22. The number of anilines is 1. The van der Waals surface area contributed by atoms with Crippen molar-refractivity contribution in [3.05, 3.63) is 53.6 Å². The Labute approximate surface area is 203 Å². The first kappa shape index (κ1) is 27.0. The third-order valence-corrected chi connectivity index (χ3v) is 4.94. The highest BCUT2D eigenvalue weighted by Crippen LogP contribution is 2.22. The lowest BCUT2D eigenvalue weighted by molar-refractivity contribution is -0.147. The number of carbonyl (C=O) groups excluding carboxylic acids is 4. The first-order valence-electron chi connectivity index (χ1n) is 10.9. The van der Waals surface area contributed by atoms with Gasteiger partial charge < -0.3 is 24.4 Å². The van der Waals surface area contributed by atoms with Gasteiger partial charge in [-0.2, -0.15) is 0 Å². The van der Waals surface area contributed by atoms with Crippen LogP contribution >= 0.6 is 0 Å². The predicted molar refractivity (Wildman–Crippen MR) is 128 cm³/mol. The lowest BCUT2D eigenvalue weighted by Crippen LogP contribution is -2.44. The van der Waals surface area contributed by atoms with Gasteiger partial charge in [-0.1, -0.05) is 0 Å². The first-order chi connectivity index (χ1) is 16.8. The number of methoxy groups -OCH3 is 2. The Kier molecular flexibility index (Phi) is 10.3. The highest BCUT2D eigenvalue weighted by atomic mass is 16.5. The first-order valence-corrected chi connectivity index (χ1v) is 10.9. The Bertz CT molecular complexity index is 1010. The van der Waals surface area contributed by atoms with Gasteiger partial charge in [0.15, 0.2) is 6.61 Å². The molecule has 11 heteroatoms. The van der Waals surface area contributed by atoms with E-state index in [1.807, 2.05) is 26.0 Å². The molecule has 0 fully saturated rings. The van der Waals surface area contributed by atoms with Gasteiger partial charge in [0.05, 0.1) is 14.2 Å². The van der Waals surface area contributed by atoms with Crippen molar-refractivity contribution in [3.63, 3.8) is 0 Å². The molecular formula is C24H30N4O7. The zero-order chi connectivity index (χ0) is 25.8. The lowest BCUT2D eigenvalue weighted by Gasteiger charge is -2.21.